The van der Waals surface area contributed by atoms with Crippen molar-refractivity contribution in [1.82, 2.24) is 4.98 Å². The first-order valence-electron chi connectivity index (χ1n) is 2.08. The number of hydrogen-bond acceptors (Lipinski definition) is 5. The fourth-order valence-corrected chi connectivity index (χ4v) is 0.975. The average Bonchev–Trinajstić information content (AvgIpc) is 2.37. The minimum absolute atomic E-state index is 0.301. The summed E-state index contributed by atoms with van der Waals surface area (Å²) in [6.45, 7) is 0. The lowest BCUT2D eigenvalue weighted by molar-refractivity contribution is 0.0767. The molecule has 1 heterocycles. The molecular formula is C4H3NO2S2. The second-order valence-electron chi connectivity index (χ2n) is 1.25. The molecule has 5 heteroatoms. The molecule has 0 aliphatic rings. The van der Waals surface area contributed by atoms with E-state index < -0.39 is 5.97 Å². The Morgan fingerprint density at radius 3 is 3.11 bits per heavy atom. The van der Waals surface area contributed by atoms with Gasteiger partial charge >= 0.3 is 5.97 Å². The van der Waals surface area contributed by atoms with E-state index in [2.05, 4.69) is 22.1 Å². The molecule has 0 atom stereocenters. The van der Waals surface area contributed by atoms with Gasteiger partial charge in [0.15, 0.2) is 5.69 Å². The van der Waals surface area contributed by atoms with Crippen LogP contribution in [0.3, 0.4) is 0 Å². The predicted octanol–water partition coefficient (Wildman–Crippen LogP) is 1.14. The van der Waals surface area contributed by atoms with Gasteiger partial charge in [-0.3, -0.25) is 0 Å². The van der Waals surface area contributed by atoms with Crippen LogP contribution in [0.2, 0.25) is 0 Å². The molecular weight excluding hydrogens is 158 g/mol. The standard InChI is InChI=1S/C4H3NO2S2/c6-4(7-8)3-1-9-2-5-3/h1-2,8H. The van der Waals surface area contributed by atoms with Crippen LogP contribution in [-0.2, 0) is 4.18 Å². The number of carbonyl (C=O) groups is 1. The van der Waals surface area contributed by atoms with Crippen LogP contribution in [0, 0.1) is 0 Å². The number of aromatic nitrogens is 1. The van der Waals surface area contributed by atoms with E-state index in [1.165, 1.54) is 11.3 Å². The quantitative estimate of drug-likeness (QED) is 0.496. The van der Waals surface area contributed by atoms with E-state index >= 15 is 0 Å². The van der Waals surface area contributed by atoms with Gasteiger partial charge in [0.05, 0.1) is 5.51 Å². The first-order chi connectivity index (χ1) is 4.34. The van der Waals surface area contributed by atoms with Crippen LogP contribution in [0.1, 0.15) is 10.5 Å². The number of nitrogens with zero attached hydrogens (tertiary/aromatic N) is 1. The number of rotatable bonds is 1. The third kappa shape index (κ3) is 1.43. The first kappa shape index (κ1) is 6.57. The first-order valence-corrected chi connectivity index (χ1v) is 3.39. The molecule has 0 spiro atoms. The van der Waals surface area contributed by atoms with E-state index in [0.717, 1.165) is 0 Å². The van der Waals surface area contributed by atoms with Crippen molar-refractivity contribution in [3.05, 3.63) is 16.6 Å². The molecule has 1 rings (SSSR count). The Kier molecular flexibility index (Phi) is 2.07. The second-order valence-corrected chi connectivity index (χ2v) is 2.15. The van der Waals surface area contributed by atoms with Gasteiger partial charge in [-0.15, -0.1) is 11.3 Å². The van der Waals surface area contributed by atoms with Crippen LogP contribution >= 0.6 is 24.2 Å². The molecule has 0 saturated carbocycles. The fraction of sp³-hybridized carbons (Fsp3) is 0. The molecule has 0 aliphatic carbocycles. The molecule has 1 aromatic heterocycles. The summed E-state index contributed by atoms with van der Waals surface area (Å²) in [5.74, 6) is -0.514. The highest BCUT2D eigenvalue weighted by Gasteiger charge is 2.05. The zero-order valence-corrected chi connectivity index (χ0v) is 5.98. The molecule has 0 N–H and O–H groups in total. The minimum atomic E-state index is -0.514. The summed E-state index contributed by atoms with van der Waals surface area (Å²) in [6.07, 6.45) is 0. The van der Waals surface area contributed by atoms with Crippen LogP contribution in [0.25, 0.3) is 0 Å². The van der Waals surface area contributed by atoms with Crippen molar-refractivity contribution in [2.75, 3.05) is 0 Å². The lowest BCUT2D eigenvalue weighted by Gasteiger charge is -1.87. The molecule has 0 unspecified atom stereocenters. The van der Waals surface area contributed by atoms with Gasteiger partial charge < -0.3 is 4.18 Å². The second kappa shape index (κ2) is 2.84. The van der Waals surface area contributed by atoms with Crippen molar-refractivity contribution in [3.63, 3.8) is 0 Å². The van der Waals surface area contributed by atoms with E-state index in [-0.39, 0.29) is 0 Å². The Labute approximate surface area is 61.3 Å². The Morgan fingerprint density at radius 1 is 1.89 bits per heavy atom. The van der Waals surface area contributed by atoms with Gasteiger partial charge in [-0.2, -0.15) is 0 Å². The summed E-state index contributed by atoms with van der Waals surface area (Å²) in [5, 5.41) is 1.60. The molecule has 0 fully saturated rings. The average molecular weight is 161 g/mol. The van der Waals surface area contributed by atoms with Gasteiger partial charge in [-0.05, 0) is 0 Å². The lowest BCUT2D eigenvalue weighted by Crippen LogP contribution is -1.96. The fourth-order valence-electron chi connectivity index (χ4n) is 0.360. The van der Waals surface area contributed by atoms with Crippen molar-refractivity contribution >= 4 is 30.2 Å². The Bertz CT molecular complexity index is 196. The summed E-state index contributed by atoms with van der Waals surface area (Å²) in [5.41, 5.74) is 1.86. The van der Waals surface area contributed by atoms with E-state index in [0.29, 0.717) is 5.69 Å². The van der Waals surface area contributed by atoms with Crippen LogP contribution in [0.5, 0.6) is 0 Å². The van der Waals surface area contributed by atoms with E-state index in [1.807, 2.05) is 0 Å². The SMILES string of the molecule is O=C(OS)c1cscn1. The van der Waals surface area contributed by atoms with Crippen LogP contribution < -0.4 is 0 Å². The molecule has 0 aromatic carbocycles. The normalized spacial score (nSPS) is 9.00. The van der Waals surface area contributed by atoms with E-state index in [4.69, 9.17) is 0 Å². The Balaban J connectivity index is 2.77. The van der Waals surface area contributed by atoms with Crippen LogP contribution in [-0.4, -0.2) is 11.0 Å². The van der Waals surface area contributed by atoms with Crippen LogP contribution in [0.15, 0.2) is 10.9 Å². The highest BCUT2D eigenvalue weighted by atomic mass is 32.1. The van der Waals surface area contributed by atoms with E-state index in [9.17, 15) is 4.79 Å². The summed E-state index contributed by atoms with van der Waals surface area (Å²) >= 11 is 4.65. The van der Waals surface area contributed by atoms with Crippen LogP contribution in [0.4, 0.5) is 0 Å². The minimum Gasteiger partial charge on any atom is -0.390 e. The maximum absolute atomic E-state index is 10.5. The molecule has 0 amide bonds. The molecule has 0 saturated heterocycles. The maximum Gasteiger partial charge on any atom is 0.369 e. The van der Waals surface area contributed by atoms with Gasteiger partial charge in [0.25, 0.3) is 0 Å². The third-order valence-corrected chi connectivity index (χ3v) is 1.48. The van der Waals surface area contributed by atoms with Gasteiger partial charge in [-0.1, -0.05) is 0 Å². The number of hydrogen-bond donors (Lipinski definition) is 1. The zero-order chi connectivity index (χ0) is 6.69. The smallest absolute Gasteiger partial charge is 0.369 e. The van der Waals surface area contributed by atoms with Gasteiger partial charge in [0.2, 0.25) is 0 Å². The van der Waals surface area contributed by atoms with Gasteiger partial charge in [0.1, 0.15) is 0 Å². The molecule has 48 valence electrons. The Morgan fingerprint density at radius 2 is 2.67 bits per heavy atom. The van der Waals surface area contributed by atoms with Crippen molar-refractivity contribution in [3.8, 4) is 0 Å². The summed E-state index contributed by atoms with van der Waals surface area (Å²) < 4.78 is 4.09. The highest BCUT2D eigenvalue weighted by Crippen LogP contribution is 2.02. The molecule has 3 nitrogen and oxygen atoms in total. The van der Waals surface area contributed by atoms with Gasteiger partial charge in [-0.25, -0.2) is 9.78 Å². The number of thiol groups is 1. The summed E-state index contributed by atoms with van der Waals surface area (Å²) in [4.78, 5) is 14.2. The zero-order valence-electron chi connectivity index (χ0n) is 4.27. The number of thiazole rings is 1. The molecule has 9 heavy (non-hydrogen) atoms. The molecule has 0 bridgehead atoms. The summed E-state index contributed by atoms with van der Waals surface area (Å²) in [7, 11) is 0. The monoisotopic (exact) mass is 161 g/mol. The van der Waals surface area contributed by atoms with Crippen molar-refractivity contribution in [2.24, 2.45) is 0 Å². The topological polar surface area (TPSA) is 39.2 Å². The van der Waals surface area contributed by atoms with Crippen molar-refractivity contribution < 1.29 is 8.98 Å². The van der Waals surface area contributed by atoms with Crippen molar-refractivity contribution in [2.45, 2.75) is 0 Å². The van der Waals surface area contributed by atoms with Crippen molar-refractivity contribution in [1.29, 1.82) is 0 Å². The summed E-state index contributed by atoms with van der Waals surface area (Å²) in [6, 6.07) is 0. The molecule has 0 radical (unpaired) electrons. The predicted molar refractivity (Wildman–Crippen MR) is 36.5 cm³/mol. The lowest BCUT2D eigenvalue weighted by atomic mass is 10.5. The molecule has 0 aliphatic heterocycles. The largest absolute Gasteiger partial charge is 0.390 e. The van der Waals surface area contributed by atoms with E-state index in [1.54, 1.807) is 10.9 Å². The third-order valence-electron chi connectivity index (χ3n) is 0.724. The maximum atomic E-state index is 10.5. The molecule has 1 aromatic rings. The number of carbonyl (C=O) groups excluding carboxylic acids is 1. The van der Waals surface area contributed by atoms with Gasteiger partial charge in [0, 0.05) is 18.3 Å². The Hall–Kier alpha value is -0.550. The highest BCUT2D eigenvalue weighted by molar-refractivity contribution is 7.75.